The van der Waals surface area contributed by atoms with Crippen LogP contribution in [0.25, 0.3) is 6.08 Å². The highest BCUT2D eigenvalue weighted by Gasteiger charge is 2.42. The predicted molar refractivity (Wildman–Crippen MR) is 135 cm³/mol. The molecular weight excluding hydrogens is 470 g/mol. The molecule has 0 aromatic carbocycles. The molecular formula is C26H41NO7S. The van der Waals surface area contributed by atoms with E-state index in [1.807, 2.05) is 32.2 Å². The van der Waals surface area contributed by atoms with Crippen molar-refractivity contribution in [1.82, 2.24) is 4.98 Å². The Bertz CT molecular complexity index is 896. The summed E-state index contributed by atoms with van der Waals surface area (Å²) in [5.74, 6) is -2.38. The molecule has 1 fully saturated rings. The largest absolute Gasteiger partial charge is 0.481 e. The molecule has 35 heavy (non-hydrogen) atoms. The Balaban J connectivity index is 1.74. The number of carboxylic acids is 1. The lowest BCUT2D eigenvalue weighted by Crippen LogP contribution is -2.45. The zero-order chi connectivity index (χ0) is 26.5. The Morgan fingerprint density at radius 2 is 1.89 bits per heavy atom. The number of ether oxygens (including phenoxy) is 1. The van der Waals surface area contributed by atoms with Crippen LogP contribution in [-0.2, 0) is 14.3 Å². The molecule has 1 saturated heterocycles. The molecule has 0 radical (unpaired) electrons. The third-order valence-corrected chi connectivity index (χ3v) is 7.97. The van der Waals surface area contributed by atoms with E-state index < -0.39 is 42.0 Å². The minimum atomic E-state index is -1.32. The lowest BCUT2D eigenvalue weighted by Gasteiger charge is -2.34. The summed E-state index contributed by atoms with van der Waals surface area (Å²) >= 11 is 1.57. The van der Waals surface area contributed by atoms with Crippen LogP contribution in [0.2, 0.25) is 0 Å². The Labute approximate surface area is 212 Å². The molecule has 1 aromatic rings. The van der Waals surface area contributed by atoms with E-state index in [9.17, 15) is 24.9 Å². The van der Waals surface area contributed by atoms with Crippen molar-refractivity contribution in [2.24, 2.45) is 17.3 Å². The number of rotatable bonds is 15. The maximum Gasteiger partial charge on any atom is 0.306 e. The van der Waals surface area contributed by atoms with Gasteiger partial charge in [-0.1, -0.05) is 34.1 Å². The zero-order valence-corrected chi connectivity index (χ0v) is 22.4. The summed E-state index contributed by atoms with van der Waals surface area (Å²) in [6.07, 6.45) is 1.56. The van der Waals surface area contributed by atoms with Crippen LogP contribution in [-0.4, -0.2) is 67.7 Å². The van der Waals surface area contributed by atoms with Gasteiger partial charge in [-0.25, -0.2) is 4.98 Å². The van der Waals surface area contributed by atoms with Gasteiger partial charge in [-0.3, -0.25) is 9.59 Å². The van der Waals surface area contributed by atoms with E-state index in [1.165, 1.54) is 13.8 Å². The molecule has 9 heteroatoms. The summed E-state index contributed by atoms with van der Waals surface area (Å²) in [5.41, 5.74) is 0.452. The van der Waals surface area contributed by atoms with Crippen molar-refractivity contribution in [3.63, 3.8) is 0 Å². The molecule has 2 rings (SSSR count). The zero-order valence-electron chi connectivity index (χ0n) is 21.6. The maximum atomic E-state index is 12.9. The Morgan fingerprint density at radius 1 is 1.23 bits per heavy atom. The molecule has 0 amide bonds. The number of epoxide rings is 1. The first kappa shape index (κ1) is 29.6. The van der Waals surface area contributed by atoms with E-state index >= 15 is 0 Å². The number of nitrogens with zero attached hydrogens (tertiary/aromatic N) is 1. The smallest absolute Gasteiger partial charge is 0.306 e. The monoisotopic (exact) mass is 511 g/mol. The van der Waals surface area contributed by atoms with Crippen LogP contribution in [0.4, 0.5) is 0 Å². The number of aliphatic hydroxyl groups is 3. The topological polar surface area (TPSA) is 140 Å². The van der Waals surface area contributed by atoms with Gasteiger partial charge in [-0.05, 0) is 44.3 Å². The fourth-order valence-electron chi connectivity index (χ4n) is 4.45. The molecule has 1 aromatic heterocycles. The molecule has 2 heterocycles. The highest BCUT2D eigenvalue weighted by Crippen LogP contribution is 2.34. The Kier molecular flexibility index (Phi) is 10.6. The van der Waals surface area contributed by atoms with Crippen molar-refractivity contribution in [3.05, 3.63) is 21.7 Å². The van der Waals surface area contributed by atoms with Gasteiger partial charge < -0.3 is 25.2 Å². The lowest BCUT2D eigenvalue weighted by atomic mass is 9.73. The van der Waals surface area contributed by atoms with Crippen LogP contribution in [0, 0.1) is 24.2 Å². The summed E-state index contributed by atoms with van der Waals surface area (Å²) in [6, 6.07) is 0. The van der Waals surface area contributed by atoms with Crippen LogP contribution in [0.15, 0.2) is 11.0 Å². The molecule has 198 valence electrons. The van der Waals surface area contributed by atoms with Crippen molar-refractivity contribution in [3.8, 4) is 0 Å². The summed E-state index contributed by atoms with van der Waals surface area (Å²) in [5, 5.41) is 43.2. The van der Waals surface area contributed by atoms with Crippen molar-refractivity contribution >= 4 is 29.2 Å². The SMILES string of the molecule is CC(=Cc1csc(C)n1)[C@@H](O)CC1OC1CCC[C@H](C)[C@H](O)[C@@H](C)C(=O)C(C)(C)[C@@H](O)CC(=O)O. The van der Waals surface area contributed by atoms with Gasteiger partial charge in [0, 0.05) is 17.7 Å². The summed E-state index contributed by atoms with van der Waals surface area (Å²) in [7, 11) is 0. The number of aromatic nitrogens is 1. The molecule has 0 spiro atoms. The standard InChI is InChI=1S/C26H41NO7S/c1-14(24(32)16(3)25(33)26(5,6)22(29)12-23(30)31)8-7-9-20-21(34-20)11-19(28)15(2)10-18-13-35-17(4)27-18/h10,13-14,16,19-22,24,28-29,32H,7-9,11-12H2,1-6H3,(H,30,31)/t14-,16+,19-,20?,21?,22-,24-/m0/s1. The average molecular weight is 512 g/mol. The van der Waals surface area contributed by atoms with Gasteiger partial charge in [0.2, 0.25) is 0 Å². The van der Waals surface area contributed by atoms with Gasteiger partial charge in [0.15, 0.2) is 0 Å². The van der Waals surface area contributed by atoms with Crippen molar-refractivity contribution in [2.45, 2.75) is 104 Å². The third kappa shape index (κ3) is 8.46. The van der Waals surface area contributed by atoms with Crippen LogP contribution in [0.5, 0.6) is 0 Å². The number of carbonyl (C=O) groups is 2. The number of ketones is 1. The Hall–Kier alpha value is -1.65. The number of aryl methyl sites for hydroxylation is 1. The molecule has 8 nitrogen and oxygen atoms in total. The van der Waals surface area contributed by atoms with E-state index in [-0.39, 0.29) is 23.9 Å². The number of carboxylic acid groups (broad SMARTS) is 1. The molecule has 0 aliphatic carbocycles. The van der Waals surface area contributed by atoms with E-state index in [2.05, 4.69) is 4.98 Å². The molecule has 2 unspecified atom stereocenters. The van der Waals surface area contributed by atoms with Crippen molar-refractivity contribution in [2.75, 3.05) is 0 Å². The first-order valence-electron chi connectivity index (χ1n) is 12.3. The lowest BCUT2D eigenvalue weighted by molar-refractivity contribution is -0.147. The van der Waals surface area contributed by atoms with Gasteiger partial charge in [0.25, 0.3) is 0 Å². The molecule has 7 atom stereocenters. The third-order valence-electron chi connectivity index (χ3n) is 7.17. The van der Waals surface area contributed by atoms with Gasteiger partial charge in [0.1, 0.15) is 5.78 Å². The highest BCUT2D eigenvalue weighted by molar-refractivity contribution is 7.09. The number of aliphatic hydroxyl groups excluding tert-OH is 3. The quantitative estimate of drug-likeness (QED) is 0.262. The summed E-state index contributed by atoms with van der Waals surface area (Å²) < 4.78 is 5.73. The Morgan fingerprint density at radius 3 is 2.46 bits per heavy atom. The average Bonchev–Trinajstić information content (AvgIpc) is 3.38. The number of aliphatic carboxylic acids is 1. The minimum Gasteiger partial charge on any atom is -0.481 e. The van der Waals surface area contributed by atoms with Crippen molar-refractivity contribution in [1.29, 1.82) is 0 Å². The van der Waals surface area contributed by atoms with Gasteiger partial charge in [-0.2, -0.15) is 0 Å². The molecule has 4 N–H and O–H groups in total. The molecule has 0 saturated carbocycles. The highest BCUT2D eigenvalue weighted by atomic mass is 32.1. The number of hydrogen-bond acceptors (Lipinski definition) is 8. The molecule has 0 bridgehead atoms. The second-order valence-electron chi connectivity index (χ2n) is 10.5. The number of Topliss-reactive ketones (excluding diaryl/α,β-unsaturated/α-hetero) is 1. The van der Waals surface area contributed by atoms with E-state index in [1.54, 1.807) is 18.3 Å². The van der Waals surface area contributed by atoms with Crippen LogP contribution >= 0.6 is 11.3 Å². The van der Waals surface area contributed by atoms with Crippen molar-refractivity contribution < 1.29 is 34.8 Å². The van der Waals surface area contributed by atoms with E-state index in [0.29, 0.717) is 12.8 Å². The van der Waals surface area contributed by atoms with Gasteiger partial charge >= 0.3 is 5.97 Å². The predicted octanol–water partition coefficient (Wildman–Crippen LogP) is 3.61. The summed E-state index contributed by atoms with van der Waals surface area (Å²) in [4.78, 5) is 28.2. The van der Waals surface area contributed by atoms with Gasteiger partial charge in [0.05, 0.1) is 53.1 Å². The molecule has 1 aliphatic rings. The van der Waals surface area contributed by atoms with E-state index in [4.69, 9.17) is 9.84 Å². The van der Waals surface area contributed by atoms with E-state index in [0.717, 1.165) is 29.1 Å². The van der Waals surface area contributed by atoms with Crippen LogP contribution in [0.3, 0.4) is 0 Å². The minimum absolute atomic E-state index is 0.0165. The molecule has 1 aliphatic heterocycles. The fraction of sp³-hybridized carbons (Fsp3) is 0.731. The van der Waals surface area contributed by atoms with Crippen LogP contribution < -0.4 is 0 Å². The number of hydrogen-bond donors (Lipinski definition) is 4. The first-order valence-corrected chi connectivity index (χ1v) is 13.2. The number of thiazole rings is 1. The fourth-order valence-corrected chi connectivity index (χ4v) is 5.02. The second-order valence-corrected chi connectivity index (χ2v) is 11.6. The summed E-state index contributed by atoms with van der Waals surface area (Å²) in [6.45, 7) is 10.4. The normalized spacial score (nSPS) is 22.8. The maximum absolute atomic E-state index is 12.9. The van der Waals surface area contributed by atoms with Gasteiger partial charge in [-0.15, -0.1) is 11.3 Å². The van der Waals surface area contributed by atoms with Crippen LogP contribution in [0.1, 0.15) is 77.4 Å². The second kappa shape index (κ2) is 12.5. The number of carbonyl (C=O) groups excluding carboxylic acids is 1. The first-order chi connectivity index (χ1) is 16.2.